The van der Waals surface area contributed by atoms with Crippen LogP contribution in [-0.2, 0) is 11.3 Å². The Morgan fingerprint density at radius 2 is 2.29 bits per heavy atom. The number of ether oxygens (including phenoxy) is 1. The van der Waals surface area contributed by atoms with Gasteiger partial charge in [0.15, 0.2) is 0 Å². The third-order valence-electron chi connectivity index (χ3n) is 2.96. The number of rotatable bonds is 3. The average Bonchev–Trinajstić information content (AvgIpc) is 2.54. The quantitative estimate of drug-likeness (QED) is 0.840. The molecule has 1 aromatic heterocycles. The smallest absolute Gasteiger partial charge is 0.0843 e. The van der Waals surface area contributed by atoms with Crippen molar-refractivity contribution in [1.29, 1.82) is 0 Å². The Morgan fingerprint density at radius 1 is 1.53 bits per heavy atom. The third kappa shape index (κ3) is 4.03. The number of halogens is 2. The molecule has 1 saturated heterocycles. The Bertz CT molecular complexity index is 372. The first-order valence-corrected chi connectivity index (χ1v) is 8.17. The summed E-state index contributed by atoms with van der Waals surface area (Å²) in [4.78, 5) is 1.35. The average molecular weight is 383 g/mol. The number of hydrogen-bond donors (Lipinski definition) is 1. The van der Waals surface area contributed by atoms with Gasteiger partial charge < -0.3 is 10.1 Å². The molecule has 5 heteroatoms. The largest absolute Gasteiger partial charge is 0.375 e. The molecule has 0 aromatic carbocycles. The van der Waals surface area contributed by atoms with Crippen LogP contribution in [0.15, 0.2) is 14.3 Å². The number of hydrogen-bond acceptors (Lipinski definition) is 3. The Balaban J connectivity index is 1.86. The molecule has 17 heavy (non-hydrogen) atoms. The van der Waals surface area contributed by atoms with Crippen molar-refractivity contribution in [3.8, 4) is 0 Å². The minimum Gasteiger partial charge on any atom is -0.375 e. The topological polar surface area (TPSA) is 21.3 Å². The van der Waals surface area contributed by atoms with Gasteiger partial charge in [0.25, 0.3) is 0 Å². The minimum atomic E-state index is 0.0204. The summed E-state index contributed by atoms with van der Waals surface area (Å²) < 4.78 is 8.03. The monoisotopic (exact) mass is 381 g/mol. The van der Waals surface area contributed by atoms with Gasteiger partial charge in [0.05, 0.1) is 9.39 Å². The van der Waals surface area contributed by atoms with Crippen molar-refractivity contribution in [2.45, 2.75) is 44.9 Å². The predicted octanol–water partition coefficient (Wildman–Crippen LogP) is 4.32. The van der Waals surface area contributed by atoms with Crippen molar-refractivity contribution in [3.05, 3.63) is 19.2 Å². The molecule has 0 radical (unpaired) electrons. The molecule has 0 amide bonds. The van der Waals surface area contributed by atoms with Gasteiger partial charge in [-0.3, -0.25) is 0 Å². The van der Waals surface area contributed by atoms with Gasteiger partial charge in [-0.15, -0.1) is 11.3 Å². The summed E-state index contributed by atoms with van der Waals surface area (Å²) in [7, 11) is 0. The van der Waals surface area contributed by atoms with E-state index >= 15 is 0 Å². The van der Waals surface area contributed by atoms with Crippen LogP contribution in [0.25, 0.3) is 0 Å². The lowest BCUT2D eigenvalue weighted by molar-refractivity contribution is -0.0630. The predicted molar refractivity (Wildman–Crippen MR) is 79.6 cm³/mol. The lowest BCUT2D eigenvalue weighted by Gasteiger charge is -2.35. The molecular weight excluding hydrogens is 366 g/mol. The second-order valence-electron chi connectivity index (χ2n) is 5.01. The van der Waals surface area contributed by atoms with Crippen molar-refractivity contribution < 1.29 is 4.74 Å². The van der Waals surface area contributed by atoms with Gasteiger partial charge in [-0.25, -0.2) is 0 Å². The van der Waals surface area contributed by atoms with Crippen LogP contribution in [0, 0.1) is 0 Å². The highest BCUT2D eigenvalue weighted by Gasteiger charge is 2.28. The molecule has 1 unspecified atom stereocenters. The fourth-order valence-electron chi connectivity index (χ4n) is 2.13. The van der Waals surface area contributed by atoms with Crippen LogP contribution in [-0.4, -0.2) is 18.2 Å². The Kier molecular flexibility index (Phi) is 4.69. The van der Waals surface area contributed by atoms with Crippen LogP contribution in [0.1, 0.15) is 31.6 Å². The van der Waals surface area contributed by atoms with E-state index in [4.69, 9.17) is 4.74 Å². The molecule has 2 nitrogen and oxygen atoms in total. The van der Waals surface area contributed by atoms with Crippen LogP contribution < -0.4 is 5.32 Å². The van der Waals surface area contributed by atoms with Crippen molar-refractivity contribution in [2.24, 2.45) is 0 Å². The molecule has 0 bridgehead atoms. The molecule has 1 fully saturated rings. The molecule has 96 valence electrons. The van der Waals surface area contributed by atoms with Crippen LogP contribution in [0.5, 0.6) is 0 Å². The number of thiophene rings is 1. The highest BCUT2D eigenvalue weighted by atomic mass is 79.9. The first-order chi connectivity index (χ1) is 7.96. The first-order valence-electron chi connectivity index (χ1n) is 5.77. The zero-order valence-corrected chi connectivity index (χ0v) is 14.0. The van der Waals surface area contributed by atoms with Crippen LogP contribution in [0.4, 0.5) is 0 Å². The SMILES string of the molecule is CC1(C)CC(NCc2cc(Br)c(Br)s2)CCO1. The van der Waals surface area contributed by atoms with Gasteiger partial charge in [-0.1, -0.05) is 0 Å². The van der Waals surface area contributed by atoms with Crippen molar-refractivity contribution >= 4 is 43.2 Å². The summed E-state index contributed by atoms with van der Waals surface area (Å²) in [6, 6.07) is 2.74. The fraction of sp³-hybridized carbons (Fsp3) is 0.667. The zero-order chi connectivity index (χ0) is 12.5. The zero-order valence-electron chi connectivity index (χ0n) is 10.1. The third-order valence-corrected chi connectivity index (χ3v) is 6.21. The van der Waals surface area contributed by atoms with Gasteiger partial charge in [0, 0.05) is 28.5 Å². The van der Waals surface area contributed by atoms with E-state index in [9.17, 15) is 0 Å². The van der Waals surface area contributed by atoms with E-state index in [2.05, 4.69) is 57.1 Å². The molecule has 0 aliphatic carbocycles. The van der Waals surface area contributed by atoms with Crippen LogP contribution in [0.3, 0.4) is 0 Å². The molecule has 1 aliphatic rings. The van der Waals surface area contributed by atoms with E-state index in [1.165, 1.54) is 8.66 Å². The van der Waals surface area contributed by atoms with Crippen molar-refractivity contribution in [1.82, 2.24) is 5.32 Å². The van der Waals surface area contributed by atoms with E-state index in [-0.39, 0.29) is 5.60 Å². The maximum atomic E-state index is 5.72. The van der Waals surface area contributed by atoms with Crippen molar-refractivity contribution in [2.75, 3.05) is 6.61 Å². The van der Waals surface area contributed by atoms with E-state index in [1.54, 1.807) is 11.3 Å². The van der Waals surface area contributed by atoms with E-state index in [0.29, 0.717) is 6.04 Å². The molecule has 2 heterocycles. The van der Waals surface area contributed by atoms with E-state index in [0.717, 1.165) is 30.5 Å². The summed E-state index contributed by atoms with van der Waals surface area (Å²) in [5, 5.41) is 3.62. The van der Waals surface area contributed by atoms with Crippen LogP contribution >= 0.6 is 43.2 Å². The summed E-state index contributed by atoms with van der Waals surface area (Å²) in [6.45, 7) is 6.14. The lowest BCUT2D eigenvalue weighted by Crippen LogP contribution is -2.43. The highest BCUT2D eigenvalue weighted by Crippen LogP contribution is 2.32. The van der Waals surface area contributed by atoms with Gasteiger partial charge >= 0.3 is 0 Å². The molecule has 1 aromatic rings. The Morgan fingerprint density at radius 3 is 2.88 bits per heavy atom. The number of nitrogens with one attached hydrogen (secondary N) is 1. The molecule has 2 rings (SSSR count). The normalized spacial score (nSPS) is 23.9. The van der Waals surface area contributed by atoms with Gasteiger partial charge in [-0.05, 0) is 64.6 Å². The minimum absolute atomic E-state index is 0.0204. The molecular formula is C12H17Br2NOS. The Hall–Kier alpha value is 0.580. The Labute approximate surface area is 123 Å². The van der Waals surface area contributed by atoms with Crippen LogP contribution in [0.2, 0.25) is 0 Å². The molecule has 1 atom stereocenters. The maximum absolute atomic E-state index is 5.72. The summed E-state index contributed by atoms with van der Waals surface area (Å²) in [5.41, 5.74) is 0.0204. The lowest BCUT2D eigenvalue weighted by atomic mass is 9.94. The second-order valence-corrected chi connectivity index (χ2v) is 8.32. The second kappa shape index (κ2) is 5.70. The van der Waals surface area contributed by atoms with E-state index < -0.39 is 0 Å². The molecule has 1 aliphatic heterocycles. The first kappa shape index (κ1) is 14.0. The summed E-state index contributed by atoms with van der Waals surface area (Å²) in [6.07, 6.45) is 2.19. The van der Waals surface area contributed by atoms with E-state index in [1.807, 2.05) is 0 Å². The fourth-order valence-corrected chi connectivity index (χ4v) is 4.26. The molecule has 0 spiro atoms. The van der Waals surface area contributed by atoms with Gasteiger partial charge in [0.2, 0.25) is 0 Å². The summed E-state index contributed by atoms with van der Waals surface area (Å²) in [5.74, 6) is 0. The van der Waals surface area contributed by atoms with Crippen molar-refractivity contribution in [3.63, 3.8) is 0 Å². The van der Waals surface area contributed by atoms with Gasteiger partial charge in [-0.2, -0.15) is 0 Å². The molecule has 1 N–H and O–H groups in total. The molecule has 0 saturated carbocycles. The van der Waals surface area contributed by atoms with Gasteiger partial charge in [0.1, 0.15) is 0 Å². The highest BCUT2D eigenvalue weighted by molar-refractivity contribution is 9.13. The summed E-state index contributed by atoms with van der Waals surface area (Å²) >= 11 is 8.82. The maximum Gasteiger partial charge on any atom is 0.0843 e. The standard InChI is InChI=1S/C12H17Br2NOS/c1-12(2)6-8(3-4-16-12)15-7-9-5-10(13)11(14)17-9/h5,8,15H,3-4,6-7H2,1-2H3.